The molecule has 1 unspecified atom stereocenters. The highest BCUT2D eigenvalue weighted by molar-refractivity contribution is 7.47. The summed E-state index contributed by atoms with van der Waals surface area (Å²) in [5.74, 6) is 0. The van der Waals surface area contributed by atoms with E-state index in [2.05, 4.69) is 13.8 Å². The average molecular weight is 282 g/mol. The van der Waals surface area contributed by atoms with Crippen LogP contribution < -0.4 is 0 Å². The summed E-state index contributed by atoms with van der Waals surface area (Å²) < 4.78 is 26.2. The first-order valence-electron chi connectivity index (χ1n) is 6.82. The maximum Gasteiger partial charge on any atom is 0.472 e. The number of unbranched alkanes of at least 4 members (excludes halogenated alkanes) is 4. The molecule has 0 rings (SSSR count). The summed E-state index contributed by atoms with van der Waals surface area (Å²) in [5.41, 5.74) is 0. The lowest BCUT2D eigenvalue weighted by Gasteiger charge is -2.12. The molecule has 0 aromatic rings. The maximum atomic E-state index is 11.4. The summed E-state index contributed by atoms with van der Waals surface area (Å²) in [6, 6.07) is 0. The minimum absolute atomic E-state index is 0.0897. The summed E-state index contributed by atoms with van der Waals surface area (Å²) >= 11 is 0. The molecule has 0 saturated carbocycles. The van der Waals surface area contributed by atoms with Crippen molar-refractivity contribution >= 4 is 7.82 Å². The fourth-order valence-electron chi connectivity index (χ4n) is 1.31. The number of ether oxygens (including phenoxy) is 1. The summed E-state index contributed by atoms with van der Waals surface area (Å²) in [6.07, 6.45) is 6.10. The first-order chi connectivity index (χ1) is 8.62. The van der Waals surface area contributed by atoms with Crippen LogP contribution in [0.3, 0.4) is 0 Å². The molecule has 0 aliphatic carbocycles. The van der Waals surface area contributed by atoms with Gasteiger partial charge in [0.05, 0.1) is 19.8 Å². The second kappa shape index (κ2) is 12.1. The topological polar surface area (TPSA) is 65.0 Å². The molecule has 0 heterocycles. The van der Waals surface area contributed by atoms with Crippen LogP contribution in [0.25, 0.3) is 0 Å². The molecule has 0 aliphatic heterocycles. The monoisotopic (exact) mass is 282 g/mol. The Hall–Kier alpha value is 0.0700. The van der Waals surface area contributed by atoms with E-state index in [9.17, 15) is 9.46 Å². The van der Waals surface area contributed by atoms with Crippen molar-refractivity contribution < 1.29 is 23.2 Å². The van der Waals surface area contributed by atoms with Gasteiger partial charge >= 0.3 is 7.82 Å². The summed E-state index contributed by atoms with van der Waals surface area (Å²) in [5, 5.41) is 0. The van der Waals surface area contributed by atoms with E-state index in [1.807, 2.05) is 0 Å². The number of phosphoric ester groups is 1. The molecule has 110 valence electrons. The maximum absolute atomic E-state index is 11.4. The fourth-order valence-corrected chi connectivity index (χ4v) is 2.05. The first-order valence-corrected chi connectivity index (χ1v) is 8.31. The Bertz CT molecular complexity index is 223. The third kappa shape index (κ3) is 12.5. The largest absolute Gasteiger partial charge is 0.472 e. The van der Waals surface area contributed by atoms with Crippen LogP contribution in [0.15, 0.2) is 0 Å². The van der Waals surface area contributed by atoms with Gasteiger partial charge in [0.15, 0.2) is 0 Å². The zero-order chi connectivity index (χ0) is 13.7. The number of rotatable bonds is 13. The SMILES string of the molecule is CCCCCCOP(=O)(O)OCCOCCCC. The summed E-state index contributed by atoms with van der Waals surface area (Å²) in [4.78, 5) is 9.33. The highest BCUT2D eigenvalue weighted by atomic mass is 31.2. The molecule has 0 amide bonds. The normalized spacial score (nSPS) is 14.6. The van der Waals surface area contributed by atoms with E-state index >= 15 is 0 Å². The van der Waals surface area contributed by atoms with Crippen molar-refractivity contribution in [1.82, 2.24) is 0 Å². The van der Waals surface area contributed by atoms with E-state index in [1.165, 1.54) is 0 Å². The lowest BCUT2D eigenvalue weighted by atomic mass is 10.2. The van der Waals surface area contributed by atoms with Crippen molar-refractivity contribution in [2.24, 2.45) is 0 Å². The van der Waals surface area contributed by atoms with Crippen molar-refractivity contribution in [3.63, 3.8) is 0 Å². The molecule has 1 N–H and O–H groups in total. The van der Waals surface area contributed by atoms with Gasteiger partial charge < -0.3 is 9.63 Å². The summed E-state index contributed by atoms with van der Waals surface area (Å²) in [6.45, 7) is 5.53. The smallest absolute Gasteiger partial charge is 0.379 e. The predicted molar refractivity (Wildman–Crippen MR) is 71.6 cm³/mol. The van der Waals surface area contributed by atoms with Crippen LogP contribution in [-0.4, -0.2) is 31.3 Å². The Morgan fingerprint density at radius 3 is 2.17 bits per heavy atom. The van der Waals surface area contributed by atoms with Gasteiger partial charge in [0.1, 0.15) is 0 Å². The molecule has 0 spiro atoms. The molecular formula is C12H27O5P. The predicted octanol–water partition coefficient (Wildman–Crippen LogP) is 3.52. The van der Waals surface area contributed by atoms with Crippen molar-refractivity contribution in [2.75, 3.05) is 26.4 Å². The molecule has 0 aliphatic rings. The zero-order valence-corrected chi connectivity index (χ0v) is 12.5. The van der Waals surface area contributed by atoms with Crippen LogP contribution >= 0.6 is 7.82 Å². The van der Waals surface area contributed by atoms with Crippen LogP contribution in [0.4, 0.5) is 0 Å². The Balaban J connectivity index is 3.40. The lowest BCUT2D eigenvalue weighted by Crippen LogP contribution is -2.05. The van der Waals surface area contributed by atoms with E-state index in [1.54, 1.807) is 0 Å². The van der Waals surface area contributed by atoms with Crippen LogP contribution in [0.1, 0.15) is 52.4 Å². The molecule has 0 saturated heterocycles. The van der Waals surface area contributed by atoms with E-state index in [4.69, 9.17) is 13.8 Å². The molecule has 0 aromatic carbocycles. The van der Waals surface area contributed by atoms with Gasteiger partial charge in [0.2, 0.25) is 0 Å². The Morgan fingerprint density at radius 2 is 1.50 bits per heavy atom. The van der Waals surface area contributed by atoms with Crippen molar-refractivity contribution in [3.05, 3.63) is 0 Å². The van der Waals surface area contributed by atoms with Crippen molar-refractivity contribution in [1.29, 1.82) is 0 Å². The van der Waals surface area contributed by atoms with E-state index in [0.717, 1.165) is 38.5 Å². The minimum atomic E-state index is -3.88. The van der Waals surface area contributed by atoms with Crippen LogP contribution in [0.5, 0.6) is 0 Å². The van der Waals surface area contributed by atoms with Gasteiger partial charge in [-0.15, -0.1) is 0 Å². The molecule has 6 heteroatoms. The molecule has 18 heavy (non-hydrogen) atoms. The molecule has 0 aromatic heterocycles. The number of hydrogen-bond donors (Lipinski definition) is 1. The minimum Gasteiger partial charge on any atom is -0.379 e. The quantitative estimate of drug-likeness (QED) is 0.413. The number of phosphoric acid groups is 1. The van der Waals surface area contributed by atoms with Gasteiger partial charge in [-0.1, -0.05) is 39.5 Å². The third-order valence-electron chi connectivity index (χ3n) is 2.38. The van der Waals surface area contributed by atoms with Crippen LogP contribution in [0.2, 0.25) is 0 Å². The van der Waals surface area contributed by atoms with Crippen LogP contribution in [-0.2, 0) is 18.3 Å². The number of hydrogen-bond acceptors (Lipinski definition) is 4. The van der Waals surface area contributed by atoms with Gasteiger partial charge in [-0.2, -0.15) is 0 Å². The van der Waals surface area contributed by atoms with E-state index in [0.29, 0.717) is 13.2 Å². The average Bonchev–Trinajstić information content (AvgIpc) is 2.33. The van der Waals surface area contributed by atoms with E-state index in [-0.39, 0.29) is 13.2 Å². The molecular weight excluding hydrogens is 255 g/mol. The van der Waals surface area contributed by atoms with E-state index < -0.39 is 7.82 Å². The molecule has 0 bridgehead atoms. The molecule has 1 atom stereocenters. The van der Waals surface area contributed by atoms with Gasteiger partial charge in [0, 0.05) is 6.61 Å². The first kappa shape index (κ1) is 18.1. The third-order valence-corrected chi connectivity index (χ3v) is 3.39. The Labute approximate surface area is 110 Å². The van der Waals surface area contributed by atoms with Gasteiger partial charge in [-0.05, 0) is 12.8 Å². The fraction of sp³-hybridized carbons (Fsp3) is 1.00. The van der Waals surface area contributed by atoms with Gasteiger partial charge in [0.25, 0.3) is 0 Å². The molecule has 0 radical (unpaired) electrons. The van der Waals surface area contributed by atoms with Crippen molar-refractivity contribution in [2.45, 2.75) is 52.4 Å². The lowest BCUT2D eigenvalue weighted by molar-refractivity contribution is 0.0748. The molecule has 0 fully saturated rings. The Morgan fingerprint density at radius 1 is 0.833 bits per heavy atom. The zero-order valence-electron chi connectivity index (χ0n) is 11.6. The molecule has 5 nitrogen and oxygen atoms in total. The Kier molecular flexibility index (Phi) is 12.2. The van der Waals surface area contributed by atoms with Crippen molar-refractivity contribution in [3.8, 4) is 0 Å². The second-order valence-electron chi connectivity index (χ2n) is 4.16. The summed E-state index contributed by atoms with van der Waals surface area (Å²) in [7, 11) is -3.88. The standard InChI is InChI=1S/C12H27O5P/c1-3-5-7-8-10-16-18(13,14)17-12-11-15-9-6-4-2/h3-12H2,1-2H3,(H,13,14). The highest BCUT2D eigenvalue weighted by Gasteiger charge is 2.19. The van der Waals surface area contributed by atoms with Gasteiger partial charge in [-0.25, -0.2) is 4.57 Å². The van der Waals surface area contributed by atoms with Crippen LogP contribution in [0, 0.1) is 0 Å². The van der Waals surface area contributed by atoms with Gasteiger partial charge in [-0.3, -0.25) is 9.05 Å². The highest BCUT2D eigenvalue weighted by Crippen LogP contribution is 2.43. The second-order valence-corrected chi connectivity index (χ2v) is 5.62.